The Morgan fingerprint density at radius 1 is 1.62 bits per heavy atom. The average molecular weight is 185 g/mol. The summed E-state index contributed by atoms with van der Waals surface area (Å²) >= 11 is 0. The van der Waals surface area contributed by atoms with E-state index in [1.54, 1.807) is 0 Å². The lowest BCUT2D eigenvalue weighted by Gasteiger charge is -2.30. The second kappa shape index (κ2) is 5.22. The summed E-state index contributed by atoms with van der Waals surface area (Å²) in [5.41, 5.74) is 0. The maximum Gasteiger partial charge on any atom is 0.309 e. The van der Waals surface area contributed by atoms with Gasteiger partial charge in [0.2, 0.25) is 0 Å². The molecule has 1 rings (SSSR count). The Hall–Kier alpha value is -0.570. The Bertz CT molecular complexity index is 168. The number of ether oxygens (including phenoxy) is 1. The number of rotatable bonds is 3. The molecule has 0 saturated carbocycles. The molecule has 0 aromatic heterocycles. The van der Waals surface area contributed by atoms with Crippen molar-refractivity contribution >= 4 is 5.97 Å². The maximum atomic E-state index is 11.3. The first-order chi connectivity index (χ1) is 6.27. The van der Waals surface area contributed by atoms with Crippen LogP contribution in [0.3, 0.4) is 0 Å². The molecule has 0 N–H and O–H groups in total. The SMILES string of the molecule is CCCN1CCC[C@H](C(=O)OC)C1. The average Bonchev–Trinajstić information content (AvgIpc) is 2.18. The van der Waals surface area contributed by atoms with Crippen molar-refractivity contribution in [1.29, 1.82) is 0 Å². The molecule has 0 spiro atoms. The van der Waals surface area contributed by atoms with Crippen LogP contribution in [-0.2, 0) is 9.53 Å². The third kappa shape index (κ3) is 2.99. The largest absolute Gasteiger partial charge is 0.469 e. The predicted octanol–water partition coefficient (Wildman–Crippen LogP) is 1.28. The molecule has 3 heteroatoms. The molecule has 1 aliphatic heterocycles. The number of nitrogens with zero attached hydrogens (tertiary/aromatic N) is 1. The van der Waals surface area contributed by atoms with E-state index in [2.05, 4.69) is 11.8 Å². The summed E-state index contributed by atoms with van der Waals surface area (Å²) in [4.78, 5) is 13.6. The van der Waals surface area contributed by atoms with Gasteiger partial charge in [0, 0.05) is 6.54 Å². The zero-order chi connectivity index (χ0) is 9.68. The second-order valence-corrected chi connectivity index (χ2v) is 3.66. The minimum absolute atomic E-state index is 0.0409. The van der Waals surface area contributed by atoms with E-state index in [0.717, 1.165) is 38.9 Å². The fraction of sp³-hybridized carbons (Fsp3) is 0.900. The Labute approximate surface area is 80.1 Å². The summed E-state index contributed by atoms with van der Waals surface area (Å²) in [7, 11) is 1.47. The molecule has 0 radical (unpaired) electrons. The second-order valence-electron chi connectivity index (χ2n) is 3.66. The minimum Gasteiger partial charge on any atom is -0.469 e. The molecule has 0 amide bonds. The smallest absolute Gasteiger partial charge is 0.309 e. The third-order valence-electron chi connectivity index (χ3n) is 2.58. The molecule has 3 nitrogen and oxygen atoms in total. The fourth-order valence-electron chi connectivity index (χ4n) is 1.93. The molecule has 0 unspecified atom stereocenters. The van der Waals surface area contributed by atoms with Crippen LogP contribution >= 0.6 is 0 Å². The van der Waals surface area contributed by atoms with Gasteiger partial charge in [0.1, 0.15) is 0 Å². The maximum absolute atomic E-state index is 11.3. The van der Waals surface area contributed by atoms with Crippen molar-refractivity contribution in [2.24, 2.45) is 5.92 Å². The predicted molar refractivity (Wildman–Crippen MR) is 51.5 cm³/mol. The number of carbonyl (C=O) groups excluding carboxylic acids is 1. The first kappa shape index (κ1) is 10.5. The quantitative estimate of drug-likeness (QED) is 0.620. The number of hydrogen-bond donors (Lipinski definition) is 0. The van der Waals surface area contributed by atoms with Crippen molar-refractivity contribution < 1.29 is 9.53 Å². The molecule has 76 valence electrons. The number of methoxy groups -OCH3 is 1. The summed E-state index contributed by atoms with van der Waals surface area (Å²) in [6.07, 6.45) is 3.28. The van der Waals surface area contributed by atoms with E-state index in [0.29, 0.717) is 0 Å². The Morgan fingerprint density at radius 2 is 2.38 bits per heavy atom. The lowest BCUT2D eigenvalue weighted by atomic mass is 9.98. The van der Waals surface area contributed by atoms with Gasteiger partial charge in [-0.3, -0.25) is 4.79 Å². The fourth-order valence-corrected chi connectivity index (χ4v) is 1.93. The van der Waals surface area contributed by atoms with E-state index in [1.807, 2.05) is 0 Å². The van der Waals surface area contributed by atoms with Crippen LogP contribution < -0.4 is 0 Å². The van der Waals surface area contributed by atoms with Gasteiger partial charge in [-0.05, 0) is 32.4 Å². The molecule has 13 heavy (non-hydrogen) atoms. The number of esters is 1. The van der Waals surface area contributed by atoms with Crippen molar-refractivity contribution in [3.63, 3.8) is 0 Å². The Kier molecular flexibility index (Phi) is 4.22. The summed E-state index contributed by atoms with van der Waals surface area (Å²) in [6.45, 7) is 5.30. The summed E-state index contributed by atoms with van der Waals surface area (Å²) < 4.78 is 4.75. The van der Waals surface area contributed by atoms with E-state index < -0.39 is 0 Å². The highest BCUT2D eigenvalue weighted by Gasteiger charge is 2.25. The highest BCUT2D eigenvalue weighted by Crippen LogP contribution is 2.17. The van der Waals surface area contributed by atoms with E-state index in [1.165, 1.54) is 7.11 Å². The van der Waals surface area contributed by atoms with E-state index in [9.17, 15) is 4.79 Å². The first-order valence-corrected chi connectivity index (χ1v) is 5.08. The molecule has 1 atom stereocenters. The van der Waals surface area contributed by atoms with Crippen LogP contribution in [-0.4, -0.2) is 37.6 Å². The number of hydrogen-bond acceptors (Lipinski definition) is 3. The third-order valence-corrected chi connectivity index (χ3v) is 2.58. The van der Waals surface area contributed by atoms with E-state index >= 15 is 0 Å². The summed E-state index contributed by atoms with van der Waals surface area (Å²) in [5, 5.41) is 0. The van der Waals surface area contributed by atoms with Crippen LogP contribution in [0.2, 0.25) is 0 Å². The highest BCUT2D eigenvalue weighted by atomic mass is 16.5. The van der Waals surface area contributed by atoms with Crippen LogP contribution in [0.4, 0.5) is 0 Å². The van der Waals surface area contributed by atoms with Gasteiger partial charge >= 0.3 is 5.97 Å². The molecule has 1 saturated heterocycles. The van der Waals surface area contributed by atoms with Gasteiger partial charge < -0.3 is 9.64 Å². The summed E-state index contributed by atoms with van der Waals surface area (Å²) in [5.74, 6) is 0.0751. The Morgan fingerprint density at radius 3 is 3.00 bits per heavy atom. The summed E-state index contributed by atoms with van der Waals surface area (Å²) in [6, 6.07) is 0. The number of likely N-dealkylation sites (tertiary alicyclic amines) is 1. The van der Waals surface area contributed by atoms with Crippen molar-refractivity contribution in [3.8, 4) is 0 Å². The molecule has 0 aromatic rings. The molecule has 1 fully saturated rings. The zero-order valence-electron chi connectivity index (χ0n) is 8.58. The van der Waals surface area contributed by atoms with Crippen molar-refractivity contribution in [3.05, 3.63) is 0 Å². The molecule has 0 aromatic carbocycles. The van der Waals surface area contributed by atoms with Crippen LogP contribution in [0.1, 0.15) is 26.2 Å². The molecular weight excluding hydrogens is 166 g/mol. The standard InChI is InChI=1S/C10H19NO2/c1-3-6-11-7-4-5-9(8-11)10(12)13-2/h9H,3-8H2,1-2H3/t9-/m0/s1. The van der Waals surface area contributed by atoms with Crippen molar-refractivity contribution in [2.75, 3.05) is 26.7 Å². The van der Waals surface area contributed by atoms with Gasteiger partial charge in [-0.15, -0.1) is 0 Å². The molecule has 0 bridgehead atoms. The van der Waals surface area contributed by atoms with Gasteiger partial charge in [0.15, 0.2) is 0 Å². The first-order valence-electron chi connectivity index (χ1n) is 5.08. The van der Waals surface area contributed by atoms with Crippen LogP contribution in [0, 0.1) is 5.92 Å². The van der Waals surface area contributed by atoms with Crippen molar-refractivity contribution in [1.82, 2.24) is 4.90 Å². The molecular formula is C10H19NO2. The van der Waals surface area contributed by atoms with Crippen LogP contribution in [0.15, 0.2) is 0 Å². The van der Waals surface area contributed by atoms with Gasteiger partial charge in [-0.2, -0.15) is 0 Å². The minimum atomic E-state index is -0.0409. The molecule has 0 aliphatic carbocycles. The monoisotopic (exact) mass is 185 g/mol. The molecule has 1 heterocycles. The van der Waals surface area contributed by atoms with Gasteiger partial charge in [0.05, 0.1) is 13.0 Å². The van der Waals surface area contributed by atoms with Gasteiger partial charge in [-0.1, -0.05) is 6.92 Å². The van der Waals surface area contributed by atoms with E-state index in [4.69, 9.17) is 4.74 Å². The number of carbonyl (C=O) groups is 1. The van der Waals surface area contributed by atoms with E-state index in [-0.39, 0.29) is 11.9 Å². The lowest BCUT2D eigenvalue weighted by molar-refractivity contribution is -0.147. The van der Waals surface area contributed by atoms with Gasteiger partial charge in [0.25, 0.3) is 0 Å². The lowest BCUT2D eigenvalue weighted by Crippen LogP contribution is -2.39. The van der Waals surface area contributed by atoms with Crippen molar-refractivity contribution in [2.45, 2.75) is 26.2 Å². The van der Waals surface area contributed by atoms with Crippen LogP contribution in [0.25, 0.3) is 0 Å². The van der Waals surface area contributed by atoms with Crippen LogP contribution in [0.5, 0.6) is 0 Å². The zero-order valence-corrected chi connectivity index (χ0v) is 8.58. The topological polar surface area (TPSA) is 29.5 Å². The molecule has 1 aliphatic rings. The highest BCUT2D eigenvalue weighted by molar-refractivity contribution is 5.72. The number of piperidine rings is 1. The Balaban J connectivity index is 2.37. The van der Waals surface area contributed by atoms with Gasteiger partial charge in [-0.25, -0.2) is 0 Å². The normalized spacial score (nSPS) is 24.3.